The minimum atomic E-state index is 0.389. The van der Waals surface area contributed by atoms with Gasteiger partial charge in [0.15, 0.2) is 0 Å². The quantitative estimate of drug-likeness (QED) is 0.776. The molecule has 0 aromatic heterocycles. The summed E-state index contributed by atoms with van der Waals surface area (Å²) in [6, 6.07) is 4.02. The Labute approximate surface area is 90.1 Å². The summed E-state index contributed by atoms with van der Waals surface area (Å²) >= 11 is 4.98. The highest BCUT2D eigenvalue weighted by molar-refractivity contribution is 7.80. The number of rotatable bonds is 3. The van der Waals surface area contributed by atoms with Crippen LogP contribution in [0.15, 0.2) is 12.1 Å². The van der Waals surface area contributed by atoms with Crippen LogP contribution in [0.3, 0.4) is 0 Å². The maximum atomic E-state index is 5.63. The van der Waals surface area contributed by atoms with Crippen molar-refractivity contribution in [3.8, 4) is 5.75 Å². The Morgan fingerprint density at radius 1 is 1.43 bits per heavy atom. The molecule has 2 N–H and O–H groups in total. The fourth-order valence-electron chi connectivity index (χ4n) is 1.47. The molecule has 0 fully saturated rings. The van der Waals surface area contributed by atoms with Crippen molar-refractivity contribution in [2.45, 2.75) is 20.8 Å². The lowest BCUT2D eigenvalue weighted by Gasteiger charge is -2.13. The van der Waals surface area contributed by atoms with Crippen molar-refractivity contribution in [1.29, 1.82) is 0 Å². The summed E-state index contributed by atoms with van der Waals surface area (Å²) in [4.78, 5) is 0.389. The van der Waals surface area contributed by atoms with Gasteiger partial charge in [-0.15, -0.1) is 0 Å². The molecule has 76 valence electrons. The summed E-state index contributed by atoms with van der Waals surface area (Å²) in [6.07, 6.45) is 0. The lowest BCUT2D eigenvalue weighted by Crippen LogP contribution is -2.13. The van der Waals surface area contributed by atoms with E-state index in [9.17, 15) is 0 Å². The van der Waals surface area contributed by atoms with E-state index in [1.165, 1.54) is 0 Å². The molecule has 1 aromatic rings. The van der Waals surface area contributed by atoms with Crippen molar-refractivity contribution >= 4 is 17.2 Å². The lowest BCUT2D eigenvalue weighted by atomic mass is 10.1. The molecular weight excluding hydrogens is 194 g/mol. The van der Waals surface area contributed by atoms with Gasteiger partial charge in [0, 0.05) is 0 Å². The summed E-state index contributed by atoms with van der Waals surface area (Å²) in [5.41, 5.74) is 8.69. The predicted octanol–water partition coefficient (Wildman–Crippen LogP) is 2.34. The van der Waals surface area contributed by atoms with Gasteiger partial charge >= 0.3 is 0 Å². The molecule has 0 amide bonds. The molecule has 0 aliphatic heterocycles. The van der Waals surface area contributed by atoms with E-state index >= 15 is 0 Å². The fourth-order valence-corrected chi connectivity index (χ4v) is 1.62. The summed E-state index contributed by atoms with van der Waals surface area (Å²) in [5.74, 6) is 0.811. The number of hydrogen-bond donors (Lipinski definition) is 1. The fraction of sp³-hybridized carbons (Fsp3) is 0.364. The first-order valence-electron chi connectivity index (χ1n) is 4.60. The Balaban J connectivity index is 3.28. The molecule has 3 heteroatoms. The van der Waals surface area contributed by atoms with Crippen LogP contribution in [-0.2, 0) is 0 Å². The van der Waals surface area contributed by atoms with Crippen molar-refractivity contribution in [2.24, 2.45) is 5.73 Å². The van der Waals surface area contributed by atoms with E-state index in [0.717, 1.165) is 22.4 Å². The summed E-state index contributed by atoms with van der Waals surface area (Å²) in [5, 5.41) is 0. The Morgan fingerprint density at radius 3 is 2.57 bits per heavy atom. The van der Waals surface area contributed by atoms with Crippen LogP contribution in [-0.4, -0.2) is 11.6 Å². The Morgan fingerprint density at radius 2 is 2.07 bits per heavy atom. The number of benzene rings is 1. The lowest BCUT2D eigenvalue weighted by molar-refractivity contribution is 0.337. The first-order chi connectivity index (χ1) is 6.56. The van der Waals surface area contributed by atoms with Crippen molar-refractivity contribution < 1.29 is 4.74 Å². The van der Waals surface area contributed by atoms with Crippen LogP contribution >= 0.6 is 12.2 Å². The van der Waals surface area contributed by atoms with Crippen molar-refractivity contribution in [1.82, 2.24) is 0 Å². The average Bonchev–Trinajstić information content (AvgIpc) is 2.09. The zero-order valence-corrected chi connectivity index (χ0v) is 9.57. The van der Waals surface area contributed by atoms with Crippen molar-refractivity contribution in [3.05, 3.63) is 28.8 Å². The highest BCUT2D eigenvalue weighted by Gasteiger charge is 2.09. The zero-order valence-electron chi connectivity index (χ0n) is 8.76. The van der Waals surface area contributed by atoms with Crippen LogP contribution in [0.2, 0.25) is 0 Å². The van der Waals surface area contributed by atoms with Gasteiger partial charge in [-0.3, -0.25) is 0 Å². The molecule has 1 rings (SSSR count). The highest BCUT2D eigenvalue weighted by atomic mass is 32.1. The molecule has 0 unspecified atom stereocenters. The highest BCUT2D eigenvalue weighted by Crippen LogP contribution is 2.25. The Kier molecular flexibility index (Phi) is 3.47. The molecule has 0 saturated heterocycles. The van der Waals surface area contributed by atoms with Crippen LogP contribution in [0.5, 0.6) is 5.75 Å². The minimum Gasteiger partial charge on any atom is -0.493 e. The standard InChI is InChI=1S/C11H15NOS/c1-4-13-10-8(3)5-7(2)6-9(10)11(12)14/h5-6H,4H2,1-3H3,(H2,12,14). The summed E-state index contributed by atoms with van der Waals surface area (Å²) < 4.78 is 5.52. The first kappa shape index (κ1) is 11.0. The van der Waals surface area contributed by atoms with E-state index in [4.69, 9.17) is 22.7 Å². The number of nitrogens with two attached hydrogens (primary N) is 1. The van der Waals surface area contributed by atoms with Gasteiger partial charge in [-0.1, -0.05) is 18.3 Å². The maximum absolute atomic E-state index is 5.63. The molecule has 0 atom stereocenters. The SMILES string of the molecule is CCOc1c(C)cc(C)cc1C(N)=S. The number of ether oxygens (including phenoxy) is 1. The van der Waals surface area contributed by atoms with Gasteiger partial charge in [0.1, 0.15) is 10.7 Å². The third kappa shape index (κ3) is 2.23. The topological polar surface area (TPSA) is 35.2 Å². The van der Waals surface area contributed by atoms with Crippen molar-refractivity contribution in [2.75, 3.05) is 6.61 Å². The summed E-state index contributed by atoms with van der Waals surface area (Å²) in [7, 11) is 0. The second kappa shape index (κ2) is 4.42. The van der Waals surface area contributed by atoms with E-state index in [1.54, 1.807) is 0 Å². The number of thiocarbonyl (C=S) groups is 1. The normalized spacial score (nSPS) is 9.93. The zero-order chi connectivity index (χ0) is 10.7. The third-order valence-corrected chi connectivity index (χ3v) is 2.19. The van der Waals surface area contributed by atoms with E-state index in [-0.39, 0.29) is 0 Å². The molecule has 0 aliphatic carbocycles. The molecule has 1 aromatic carbocycles. The predicted molar refractivity (Wildman–Crippen MR) is 63.0 cm³/mol. The Bertz CT molecular complexity index is 361. The van der Waals surface area contributed by atoms with Gasteiger partial charge < -0.3 is 10.5 Å². The monoisotopic (exact) mass is 209 g/mol. The molecule has 0 radical (unpaired) electrons. The molecule has 0 aliphatic rings. The molecular formula is C11H15NOS. The maximum Gasteiger partial charge on any atom is 0.132 e. The van der Waals surface area contributed by atoms with E-state index in [0.29, 0.717) is 11.6 Å². The van der Waals surface area contributed by atoms with Crippen LogP contribution in [0, 0.1) is 13.8 Å². The van der Waals surface area contributed by atoms with E-state index < -0.39 is 0 Å². The molecule has 0 bridgehead atoms. The van der Waals surface area contributed by atoms with Crippen molar-refractivity contribution in [3.63, 3.8) is 0 Å². The van der Waals surface area contributed by atoms with E-state index in [1.807, 2.05) is 26.8 Å². The van der Waals surface area contributed by atoms with Gasteiger partial charge in [0.25, 0.3) is 0 Å². The molecule has 0 heterocycles. The van der Waals surface area contributed by atoms with Crippen LogP contribution < -0.4 is 10.5 Å². The molecule has 0 spiro atoms. The molecule has 0 saturated carbocycles. The van der Waals surface area contributed by atoms with E-state index in [2.05, 4.69) is 6.07 Å². The van der Waals surface area contributed by atoms with Crippen LogP contribution in [0.1, 0.15) is 23.6 Å². The summed E-state index contributed by atoms with van der Waals surface area (Å²) in [6.45, 7) is 6.59. The minimum absolute atomic E-state index is 0.389. The number of aryl methyl sites for hydroxylation is 2. The van der Waals surface area contributed by atoms with Gasteiger partial charge in [-0.25, -0.2) is 0 Å². The smallest absolute Gasteiger partial charge is 0.132 e. The largest absolute Gasteiger partial charge is 0.493 e. The van der Waals surface area contributed by atoms with Gasteiger partial charge in [-0.05, 0) is 38.0 Å². The number of hydrogen-bond acceptors (Lipinski definition) is 2. The van der Waals surface area contributed by atoms with Crippen LogP contribution in [0.4, 0.5) is 0 Å². The van der Waals surface area contributed by atoms with Gasteiger partial charge in [-0.2, -0.15) is 0 Å². The second-order valence-electron chi connectivity index (χ2n) is 3.26. The van der Waals surface area contributed by atoms with Gasteiger partial charge in [0.2, 0.25) is 0 Å². The second-order valence-corrected chi connectivity index (χ2v) is 3.70. The average molecular weight is 209 g/mol. The van der Waals surface area contributed by atoms with Crippen LogP contribution in [0.25, 0.3) is 0 Å². The first-order valence-corrected chi connectivity index (χ1v) is 5.01. The third-order valence-electron chi connectivity index (χ3n) is 1.97. The van der Waals surface area contributed by atoms with Gasteiger partial charge in [0.05, 0.1) is 12.2 Å². The molecule has 2 nitrogen and oxygen atoms in total. The molecule has 14 heavy (non-hydrogen) atoms. The Hall–Kier alpha value is -1.09.